The van der Waals surface area contributed by atoms with Crippen molar-refractivity contribution in [3.8, 4) is 5.75 Å². The number of aromatic hydroxyl groups is 1. The van der Waals surface area contributed by atoms with Crippen molar-refractivity contribution >= 4 is 23.5 Å². The molecule has 0 aliphatic heterocycles. The van der Waals surface area contributed by atoms with Gasteiger partial charge in [-0.15, -0.1) is 0 Å². The van der Waals surface area contributed by atoms with Crippen LogP contribution in [0.2, 0.25) is 0 Å². The summed E-state index contributed by atoms with van der Waals surface area (Å²) >= 11 is 3.89. The Kier molecular flexibility index (Phi) is 10.9. The fourth-order valence-electron chi connectivity index (χ4n) is 2.43. The maximum absolute atomic E-state index is 10.5. The Hall–Kier alpha value is -0.280. The molecule has 0 amide bonds. The van der Waals surface area contributed by atoms with E-state index in [1.165, 1.54) is 55.6 Å². The minimum atomic E-state index is 0.539. The molecule has 0 saturated carbocycles. The van der Waals surface area contributed by atoms with Crippen molar-refractivity contribution in [1.29, 1.82) is 0 Å². The number of thioether (sulfide) groups is 2. The zero-order valence-electron chi connectivity index (χ0n) is 14.5. The van der Waals surface area contributed by atoms with Crippen molar-refractivity contribution < 1.29 is 5.11 Å². The fraction of sp³-hybridized carbons (Fsp3) is 0.684. The molecule has 22 heavy (non-hydrogen) atoms. The highest BCUT2D eigenvalue weighted by Crippen LogP contribution is 2.31. The van der Waals surface area contributed by atoms with Crippen LogP contribution in [0.4, 0.5) is 0 Å². The summed E-state index contributed by atoms with van der Waals surface area (Å²) in [6.07, 6.45) is 7.74. The number of hydrogen-bond acceptors (Lipinski definition) is 3. The predicted octanol–water partition coefficient (Wildman–Crippen LogP) is 6.55. The van der Waals surface area contributed by atoms with E-state index in [1.807, 2.05) is 23.5 Å². The Labute approximate surface area is 145 Å². The third-order valence-corrected chi connectivity index (χ3v) is 5.90. The van der Waals surface area contributed by atoms with E-state index < -0.39 is 0 Å². The van der Waals surface area contributed by atoms with Gasteiger partial charge in [-0.2, -0.15) is 23.5 Å². The van der Waals surface area contributed by atoms with Crippen LogP contribution >= 0.6 is 23.5 Å². The van der Waals surface area contributed by atoms with E-state index in [9.17, 15) is 5.11 Å². The lowest BCUT2D eigenvalue weighted by Gasteiger charge is -2.12. The second-order valence-corrected chi connectivity index (χ2v) is 8.16. The van der Waals surface area contributed by atoms with Gasteiger partial charge in [0.1, 0.15) is 5.75 Å². The molecule has 0 fully saturated rings. The molecule has 1 nitrogen and oxygen atoms in total. The molecule has 0 atom stereocenters. The molecule has 1 aromatic rings. The summed E-state index contributed by atoms with van der Waals surface area (Å²) in [5, 5.41) is 10.5. The summed E-state index contributed by atoms with van der Waals surface area (Å²) < 4.78 is 0. The molecule has 1 N–H and O–H groups in total. The van der Waals surface area contributed by atoms with Gasteiger partial charge in [-0.1, -0.05) is 57.2 Å². The summed E-state index contributed by atoms with van der Waals surface area (Å²) in [5.41, 5.74) is 3.50. The van der Waals surface area contributed by atoms with Crippen LogP contribution in [0.1, 0.15) is 69.1 Å². The molecule has 0 heterocycles. The first-order valence-electron chi connectivity index (χ1n) is 8.65. The minimum absolute atomic E-state index is 0.539. The van der Waals surface area contributed by atoms with Crippen molar-refractivity contribution in [3.05, 3.63) is 28.8 Å². The summed E-state index contributed by atoms with van der Waals surface area (Å²) in [6, 6.07) is 4.29. The molecule has 1 aromatic carbocycles. The van der Waals surface area contributed by atoms with Crippen LogP contribution in [0.3, 0.4) is 0 Å². The molecule has 0 aromatic heterocycles. The first-order valence-corrected chi connectivity index (χ1v) is 11.0. The van der Waals surface area contributed by atoms with Crippen LogP contribution in [-0.4, -0.2) is 16.6 Å². The van der Waals surface area contributed by atoms with Crippen LogP contribution in [0, 0.1) is 6.92 Å². The standard InChI is InChI=1S/C19H32OS2/c1-4-6-8-10-21-14-17-12-16(3)13-18(19(17)20)15-22-11-9-7-5-2/h12-13,20H,4-11,14-15H2,1-3H3. The number of phenols is 1. The van der Waals surface area contributed by atoms with Gasteiger partial charge < -0.3 is 5.11 Å². The van der Waals surface area contributed by atoms with Crippen LogP contribution in [0.5, 0.6) is 5.75 Å². The van der Waals surface area contributed by atoms with Gasteiger partial charge in [0.2, 0.25) is 0 Å². The van der Waals surface area contributed by atoms with Crippen molar-refractivity contribution in [3.63, 3.8) is 0 Å². The normalized spacial score (nSPS) is 11.0. The molecule has 126 valence electrons. The first-order chi connectivity index (χ1) is 10.7. The summed E-state index contributed by atoms with van der Waals surface area (Å²) in [7, 11) is 0. The first kappa shape index (κ1) is 19.8. The maximum atomic E-state index is 10.5. The van der Waals surface area contributed by atoms with Crippen LogP contribution < -0.4 is 0 Å². The topological polar surface area (TPSA) is 20.2 Å². The molecule has 0 radical (unpaired) electrons. The average Bonchev–Trinajstić information content (AvgIpc) is 2.50. The smallest absolute Gasteiger partial charge is 0.123 e. The molecule has 0 unspecified atom stereocenters. The Balaban J connectivity index is 2.48. The van der Waals surface area contributed by atoms with E-state index in [2.05, 4.69) is 32.9 Å². The third-order valence-electron chi connectivity index (χ3n) is 3.71. The van der Waals surface area contributed by atoms with Crippen molar-refractivity contribution in [1.82, 2.24) is 0 Å². The Bertz CT molecular complexity index is 383. The molecule has 0 bridgehead atoms. The monoisotopic (exact) mass is 340 g/mol. The van der Waals surface area contributed by atoms with Gasteiger partial charge >= 0.3 is 0 Å². The quantitative estimate of drug-likeness (QED) is 0.436. The van der Waals surface area contributed by atoms with Crippen molar-refractivity contribution in [2.75, 3.05) is 11.5 Å². The van der Waals surface area contributed by atoms with E-state index in [-0.39, 0.29) is 0 Å². The van der Waals surface area contributed by atoms with Gasteiger partial charge in [0.05, 0.1) is 0 Å². The molecular formula is C19H32OS2. The van der Waals surface area contributed by atoms with Gasteiger partial charge in [0, 0.05) is 22.6 Å². The fourth-order valence-corrected chi connectivity index (χ4v) is 4.41. The number of unbranched alkanes of at least 4 members (excludes halogenated alkanes) is 4. The average molecular weight is 341 g/mol. The number of benzene rings is 1. The summed E-state index contributed by atoms with van der Waals surface area (Å²) in [4.78, 5) is 0. The highest BCUT2D eigenvalue weighted by molar-refractivity contribution is 7.98. The molecule has 0 saturated heterocycles. The summed E-state index contributed by atoms with van der Waals surface area (Å²) in [5.74, 6) is 4.80. The lowest BCUT2D eigenvalue weighted by Crippen LogP contribution is -1.93. The van der Waals surface area contributed by atoms with Gasteiger partial charge in [0.15, 0.2) is 0 Å². The van der Waals surface area contributed by atoms with Crippen LogP contribution in [0.25, 0.3) is 0 Å². The van der Waals surface area contributed by atoms with Gasteiger partial charge in [0.25, 0.3) is 0 Å². The second-order valence-electron chi connectivity index (χ2n) is 5.95. The van der Waals surface area contributed by atoms with E-state index in [4.69, 9.17) is 0 Å². The molecular weight excluding hydrogens is 308 g/mol. The largest absolute Gasteiger partial charge is 0.507 e. The van der Waals surface area contributed by atoms with Gasteiger partial charge in [-0.05, 0) is 31.3 Å². The highest BCUT2D eigenvalue weighted by Gasteiger charge is 2.09. The van der Waals surface area contributed by atoms with E-state index in [0.717, 1.165) is 22.6 Å². The lowest BCUT2D eigenvalue weighted by molar-refractivity contribution is 0.465. The SMILES string of the molecule is CCCCCSCc1cc(C)cc(CSCCCCC)c1O. The van der Waals surface area contributed by atoms with Crippen molar-refractivity contribution in [2.24, 2.45) is 0 Å². The number of phenolic OH excluding ortho intramolecular Hbond substituents is 1. The van der Waals surface area contributed by atoms with Crippen LogP contribution in [-0.2, 0) is 11.5 Å². The number of hydrogen-bond donors (Lipinski definition) is 1. The van der Waals surface area contributed by atoms with E-state index in [1.54, 1.807) is 0 Å². The van der Waals surface area contributed by atoms with Crippen molar-refractivity contribution in [2.45, 2.75) is 70.8 Å². The second kappa shape index (κ2) is 12.2. The minimum Gasteiger partial charge on any atom is -0.507 e. The summed E-state index contributed by atoms with van der Waals surface area (Å²) in [6.45, 7) is 6.61. The lowest BCUT2D eigenvalue weighted by atomic mass is 10.1. The van der Waals surface area contributed by atoms with Gasteiger partial charge in [-0.25, -0.2) is 0 Å². The highest BCUT2D eigenvalue weighted by atomic mass is 32.2. The number of rotatable bonds is 12. The Morgan fingerprint density at radius 2 is 1.27 bits per heavy atom. The maximum Gasteiger partial charge on any atom is 0.123 e. The third kappa shape index (κ3) is 7.82. The molecule has 0 aliphatic rings. The molecule has 1 rings (SSSR count). The molecule has 0 aliphatic carbocycles. The zero-order valence-corrected chi connectivity index (χ0v) is 16.1. The molecule has 3 heteroatoms. The zero-order chi connectivity index (χ0) is 16.2. The predicted molar refractivity (Wildman–Crippen MR) is 104 cm³/mol. The van der Waals surface area contributed by atoms with E-state index >= 15 is 0 Å². The van der Waals surface area contributed by atoms with E-state index in [0.29, 0.717) is 5.75 Å². The Morgan fingerprint density at radius 1 is 0.818 bits per heavy atom. The number of aryl methyl sites for hydroxylation is 1. The molecule has 0 spiro atoms. The van der Waals surface area contributed by atoms with Gasteiger partial charge in [-0.3, -0.25) is 0 Å². The Morgan fingerprint density at radius 3 is 1.68 bits per heavy atom. The van der Waals surface area contributed by atoms with Crippen LogP contribution in [0.15, 0.2) is 12.1 Å².